The van der Waals surface area contributed by atoms with Crippen LogP contribution >= 0.6 is 0 Å². The summed E-state index contributed by atoms with van der Waals surface area (Å²) in [5.41, 5.74) is 0.459. The first-order chi connectivity index (χ1) is 7.11. The van der Waals surface area contributed by atoms with E-state index in [1.807, 2.05) is 6.08 Å². The molecular formula is C13H16O2. The van der Waals surface area contributed by atoms with Crippen LogP contribution < -0.4 is 0 Å². The summed E-state index contributed by atoms with van der Waals surface area (Å²) >= 11 is 0. The highest BCUT2D eigenvalue weighted by molar-refractivity contribution is 5.91. The third-order valence-corrected chi connectivity index (χ3v) is 5.32. The molecule has 4 bridgehead atoms. The minimum atomic E-state index is 0.131. The Morgan fingerprint density at radius 3 is 3.20 bits per heavy atom. The van der Waals surface area contributed by atoms with Gasteiger partial charge in [0.1, 0.15) is 0 Å². The van der Waals surface area contributed by atoms with E-state index in [4.69, 9.17) is 4.74 Å². The molecule has 0 radical (unpaired) electrons. The van der Waals surface area contributed by atoms with Crippen LogP contribution in [0.2, 0.25) is 0 Å². The summed E-state index contributed by atoms with van der Waals surface area (Å²) in [4.78, 5) is 11.5. The van der Waals surface area contributed by atoms with Crippen molar-refractivity contribution in [2.75, 3.05) is 0 Å². The van der Waals surface area contributed by atoms with E-state index >= 15 is 0 Å². The first kappa shape index (κ1) is 8.51. The number of carbonyl (C=O) groups excluding carboxylic acids is 1. The first-order valence-corrected chi connectivity index (χ1v) is 6.01. The number of rotatable bonds is 0. The molecule has 0 unspecified atom stereocenters. The fourth-order valence-electron chi connectivity index (χ4n) is 4.72. The van der Waals surface area contributed by atoms with Gasteiger partial charge in [0.2, 0.25) is 0 Å². The molecule has 5 atom stereocenters. The topological polar surface area (TPSA) is 26.3 Å². The van der Waals surface area contributed by atoms with Crippen LogP contribution in [0.15, 0.2) is 12.2 Å². The Kier molecular flexibility index (Phi) is 1.26. The molecule has 5 rings (SSSR count). The van der Waals surface area contributed by atoms with Gasteiger partial charge in [0, 0.05) is 12.3 Å². The van der Waals surface area contributed by atoms with Gasteiger partial charge in [-0.05, 0) is 43.6 Å². The van der Waals surface area contributed by atoms with E-state index in [0.29, 0.717) is 23.2 Å². The second-order valence-corrected chi connectivity index (χ2v) is 6.13. The molecule has 2 saturated carbocycles. The zero-order valence-corrected chi connectivity index (χ0v) is 9.03. The number of hydrogen-bond donors (Lipinski definition) is 0. The van der Waals surface area contributed by atoms with E-state index in [1.54, 1.807) is 0 Å². The Morgan fingerprint density at radius 2 is 2.40 bits per heavy atom. The molecule has 2 heteroatoms. The van der Waals surface area contributed by atoms with Crippen molar-refractivity contribution in [3.63, 3.8) is 0 Å². The molecule has 2 nitrogen and oxygen atoms in total. The summed E-state index contributed by atoms with van der Waals surface area (Å²) in [5.74, 6) is 1.53. The van der Waals surface area contributed by atoms with Gasteiger partial charge in [-0.1, -0.05) is 6.08 Å². The predicted octanol–water partition coefficient (Wildman–Crippen LogP) is 2.09. The average Bonchev–Trinajstić information content (AvgIpc) is 2.54. The van der Waals surface area contributed by atoms with E-state index in [0.717, 1.165) is 18.8 Å². The molecule has 80 valence electrons. The van der Waals surface area contributed by atoms with Crippen molar-refractivity contribution in [3.05, 3.63) is 12.2 Å². The van der Waals surface area contributed by atoms with Gasteiger partial charge in [-0.25, -0.2) is 0 Å². The van der Waals surface area contributed by atoms with Crippen LogP contribution in [0.1, 0.15) is 32.6 Å². The third kappa shape index (κ3) is 0.840. The SMILES string of the molecule is C[C@@]12C[C@]34C=CC(=O)C[C@H]3[C@@H](C[C@H]1C4)O2. The van der Waals surface area contributed by atoms with Gasteiger partial charge in [-0.3, -0.25) is 4.79 Å². The van der Waals surface area contributed by atoms with E-state index in [1.165, 1.54) is 12.8 Å². The Balaban J connectivity index is 1.86. The zero-order chi connectivity index (χ0) is 10.3. The molecule has 2 heterocycles. The van der Waals surface area contributed by atoms with E-state index in [9.17, 15) is 4.79 Å². The highest BCUT2D eigenvalue weighted by Crippen LogP contribution is 2.68. The summed E-state index contributed by atoms with van der Waals surface area (Å²) in [7, 11) is 0. The van der Waals surface area contributed by atoms with Crippen molar-refractivity contribution in [1.29, 1.82) is 0 Å². The van der Waals surface area contributed by atoms with Gasteiger partial charge in [0.15, 0.2) is 5.78 Å². The standard InChI is InChI=1S/C13H16O2/c1-12-7-13-3-2-9(14)5-10(13)11(15-12)4-8(12)6-13/h2-3,8,10-11H,4-7H2,1H3/t8-,10-,11+,12+,13+/m0/s1. The summed E-state index contributed by atoms with van der Waals surface area (Å²) < 4.78 is 6.17. The number of ketones is 1. The molecular weight excluding hydrogens is 188 g/mol. The molecule has 2 saturated heterocycles. The summed E-state index contributed by atoms with van der Waals surface area (Å²) in [6.45, 7) is 2.27. The second kappa shape index (κ2) is 2.22. The molecule has 15 heavy (non-hydrogen) atoms. The quantitative estimate of drug-likeness (QED) is 0.604. The Labute approximate surface area is 89.7 Å². The molecule has 1 spiro atoms. The number of hydrogen-bond acceptors (Lipinski definition) is 2. The molecule has 3 aliphatic carbocycles. The van der Waals surface area contributed by atoms with E-state index in [-0.39, 0.29) is 5.60 Å². The monoisotopic (exact) mass is 204 g/mol. The maximum absolute atomic E-state index is 11.5. The fourth-order valence-corrected chi connectivity index (χ4v) is 4.72. The summed E-state index contributed by atoms with van der Waals surface area (Å²) in [6, 6.07) is 0. The lowest BCUT2D eigenvalue weighted by Crippen LogP contribution is -2.46. The van der Waals surface area contributed by atoms with Gasteiger partial charge < -0.3 is 4.74 Å². The van der Waals surface area contributed by atoms with Gasteiger partial charge in [0.25, 0.3) is 0 Å². The predicted molar refractivity (Wildman–Crippen MR) is 55.3 cm³/mol. The van der Waals surface area contributed by atoms with Crippen molar-refractivity contribution >= 4 is 5.78 Å². The highest BCUT2D eigenvalue weighted by atomic mass is 16.5. The average molecular weight is 204 g/mol. The largest absolute Gasteiger partial charge is 0.371 e. The van der Waals surface area contributed by atoms with E-state index < -0.39 is 0 Å². The zero-order valence-electron chi connectivity index (χ0n) is 9.03. The van der Waals surface area contributed by atoms with Crippen molar-refractivity contribution in [1.82, 2.24) is 0 Å². The number of carbonyl (C=O) groups is 1. The van der Waals surface area contributed by atoms with Gasteiger partial charge in [0.05, 0.1) is 11.7 Å². The molecule has 0 amide bonds. The molecule has 5 aliphatic rings. The van der Waals surface area contributed by atoms with Crippen LogP contribution in [0.4, 0.5) is 0 Å². The van der Waals surface area contributed by atoms with Crippen LogP contribution in [0.3, 0.4) is 0 Å². The lowest BCUT2D eigenvalue weighted by atomic mass is 9.62. The van der Waals surface area contributed by atoms with Crippen LogP contribution in [0, 0.1) is 17.3 Å². The van der Waals surface area contributed by atoms with Gasteiger partial charge >= 0.3 is 0 Å². The molecule has 2 aliphatic heterocycles. The molecule has 4 fully saturated rings. The lowest BCUT2D eigenvalue weighted by molar-refractivity contribution is -0.137. The minimum Gasteiger partial charge on any atom is -0.371 e. The lowest BCUT2D eigenvalue weighted by Gasteiger charge is -2.47. The maximum Gasteiger partial charge on any atom is 0.155 e. The third-order valence-electron chi connectivity index (χ3n) is 5.32. The highest BCUT2D eigenvalue weighted by Gasteiger charge is 2.67. The van der Waals surface area contributed by atoms with Crippen molar-refractivity contribution in [2.24, 2.45) is 17.3 Å². The second-order valence-electron chi connectivity index (χ2n) is 6.13. The molecule has 0 aromatic rings. The summed E-state index contributed by atoms with van der Waals surface area (Å²) in [6.07, 6.45) is 8.75. The normalized spacial score (nSPS) is 60.1. The maximum atomic E-state index is 11.5. The van der Waals surface area contributed by atoms with Crippen LogP contribution in [-0.2, 0) is 9.53 Å². The Bertz CT molecular complexity index is 386. The van der Waals surface area contributed by atoms with Crippen molar-refractivity contribution in [2.45, 2.75) is 44.3 Å². The first-order valence-electron chi connectivity index (χ1n) is 6.01. The fraction of sp³-hybridized carbons (Fsp3) is 0.769. The smallest absolute Gasteiger partial charge is 0.155 e. The number of allylic oxidation sites excluding steroid dienone is 2. The minimum absolute atomic E-state index is 0.131. The van der Waals surface area contributed by atoms with Gasteiger partial charge in [-0.15, -0.1) is 0 Å². The van der Waals surface area contributed by atoms with Crippen LogP contribution in [0.25, 0.3) is 0 Å². The van der Waals surface area contributed by atoms with E-state index in [2.05, 4.69) is 13.0 Å². The van der Waals surface area contributed by atoms with Gasteiger partial charge in [-0.2, -0.15) is 0 Å². The van der Waals surface area contributed by atoms with Crippen LogP contribution in [-0.4, -0.2) is 17.5 Å². The van der Waals surface area contributed by atoms with Crippen molar-refractivity contribution in [3.8, 4) is 0 Å². The summed E-state index contributed by atoms with van der Waals surface area (Å²) in [5, 5.41) is 0. The van der Waals surface area contributed by atoms with Crippen LogP contribution in [0.5, 0.6) is 0 Å². The molecule has 0 aromatic carbocycles. The molecule has 0 N–H and O–H groups in total. The Morgan fingerprint density at radius 1 is 1.53 bits per heavy atom. The molecule has 0 aromatic heterocycles. The Hall–Kier alpha value is -0.630. The van der Waals surface area contributed by atoms with Crippen molar-refractivity contribution < 1.29 is 9.53 Å². The number of ether oxygens (including phenoxy) is 1.